The van der Waals surface area contributed by atoms with Crippen LogP contribution in [0.15, 0.2) is 54.6 Å². The number of amides is 1. The number of nitrogens with one attached hydrogen (secondary N) is 1. The third kappa shape index (κ3) is 3.42. The van der Waals surface area contributed by atoms with Gasteiger partial charge in [-0.25, -0.2) is 0 Å². The van der Waals surface area contributed by atoms with Crippen LogP contribution in [0, 0.1) is 13.8 Å². The Morgan fingerprint density at radius 2 is 1.65 bits per heavy atom. The number of ether oxygens (including phenoxy) is 2. The molecule has 3 aromatic rings. The van der Waals surface area contributed by atoms with Gasteiger partial charge in [-0.3, -0.25) is 4.79 Å². The summed E-state index contributed by atoms with van der Waals surface area (Å²) in [5, 5.41) is 2.90. The van der Waals surface area contributed by atoms with E-state index in [4.69, 9.17) is 9.47 Å². The third-order valence-electron chi connectivity index (χ3n) is 4.29. The standard InChI is InChI=1S/C21H22N2O3/c1-14-8-9-15(2)23(14)17-7-5-6-16(12-17)21(24)22-19-11-10-18(25-3)13-20(19)26-4/h5-13H,1-4H3,(H,22,24). The maximum Gasteiger partial charge on any atom is 0.255 e. The molecule has 0 saturated carbocycles. The van der Waals surface area contributed by atoms with Gasteiger partial charge in [0.15, 0.2) is 0 Å². The molecule has 0 aliphatic rings. The van der Waals surface area contributed by atoms with E-state index < -0.39 is 0 Å². The molecule has 0 radical (unpaired) electrons. The molecule has 134 valence electrons. The summed E-state index contributed by atoms with van der Waals surface area (Å²) in [6.07, 6.45) is 0. The van der Waals surface area contributed by atoms with E-state index >= 15 is 0 Å². The number of carbonyl (C=O) groups is 1. The van der Waals surface area contributed by atoms with Gasteiger partial charge in [-0.05, 0) is 56.3 Å². The first-order chi connectivity index (χ1) is 12.5. The highest BCUT2D eigenvalue weighted by Gasteiger charge is 2.12. The number of benzene rings is 2. The number of rotatable bonds is 5. The van der Waals surface area contributed by atoms with Crippen molar-refractivity contribution in [1.29, 1.82) is 0 Å². The number of methoxy groups -OCH3 is 2. The van der Waals surface area contributed by atoms with Crippen molar-refractivity contribution >= 4 is 11.6 Å². The van der Waals surface area contributed by atoms with Crippen LogP contribution in [-0.2, 0) is 0 Å². The Hall–Kier alpha value is -3.21. The second kappa shape index (κ2) is 7.35. The molecule has 3 rings (SSSR count). The largest absolute Gasteiger partial charge is 0.497 e. The summed E-state index contributed by atoms with van der Waals surface area (Å²) in [6.45, 7) is 4.09. The molecular weight excluding hydrogens is 328 g/mol. The van der Waals surface area contributed by atoms with Gasteiger partial charge < -0.3 is 19.4 Å². The quantitative estimate of drug-likeness (QED) is 0.744. The summed E-state index contributed by atoms with van der Waals surface area (Å²) < 4.78 is 12.6. The van der Waals surface area contributed by atoms with Crippen molar-refractivity contribution in [3.05, 3.63) is 71.5 Å². The van der Waals surface area contributed by atoms with E-state index in [1.165, 1.54) is 0 Å². The van der Waals surface area contributed by atoms with E-state index in [0.717, 1.165) is 17.1 Å². The molecule has 2 aromatic carbocycles. The molecule has 0 unspecified atom stereocenters. The van der Waals surface area contributed by atoms with Crippen molar-refractivity contribution in [2.24, 2.45) is 0 Å². The zero-order valence-electron chi connectivity index (χ0n) is 15.4. The van der Waals surface area contributed by atoms with Gasteiger partial charge in [-0.2, -0.15) is 0 Å². The SMILES string of the molecule is COc1ccc(NC(=O)c2cccc(-n3c(C)ccc3C)c2)c(OC)c1. The van der Waals surface area contributed by atoms with Crippen LogP contribution in [0.3, 0.4) is 0 Å². The van der Waals surface area contributed by atoms with E-state index in [0.29, 0.717) is 22.7 Å². The predicted molar refractivity (Wildman–Crippen MR) is 103 cm³/mol. The molecule has 0 aliphatic carbocycles. The second-order valence-electron chi connectivity index (χ2n) is 6.02. The van der Waals surface area contributed by atoms with E-state index in [9.17, 15) is 4.79 Å². The van der Waals surface area contributed by atoms with Crippen molar-refractivity contribution in [1.82, 2.24) is 4.57 Å². The van der Waals surface area contributed by atoms with Crippen LogP contribution in [0.4, 0.5) is 5.69 Å². The molecule has 1 heterocycles. The molecular formula is C21H22N2O3. The van der Waals surface area contributed by atoms with Gasteiger partial charge in [0.2, 0.25) is 0 Å². The molecule has 0 aliphatic heterocycles. The Morgan fingerprint density at radius 1 is 0.923 bits per heavy atom. The van der Waals surface area contributed by atoms with Crippen LogP contribution >= 0.6 is 0 Å². The molecule has 5 heteroatoms. The number of aryl methyl sites for hydroxylation is 2. The summed E-state index contributed by atoms with van der Waals surface area (Å²) in [4.78, 5) is 12.7. The Kier molecular flexibility index (Phi) is 4.98. The molecule has 5 nitrogen and oxygen atoms in total. The number of hydrogen-bond donors (Lipinski definition) is 1. The molecule has 0 atom stereocenters. The highest BCUT2D eigenvalue weighted by atomic mass is 16.5. The van der Waals surface area contributed by atoms with Gasteiger partial charge in [0.25, 0.3) is 5.91 Å². The van der Waals surface area contributed by atoms with Crippen LogP contribution in [-0.4, -0.2) is 24.7 Å². The molecule has 0 spiro atoms. The third-order valence-corrected chi connectivity index (χ3v) is 4.29. The van der Waals surface area contributed by atoms with Gasteiger partial charge in [0, 0.05) is 28.7 Å². The summed E-state index contributed by atoms with van der Waals surface area (Å²) in [7, 11) is 3.15. The number of nitrogens with zero attached hydrogens (tertiary/aromatic N) is 1. The number of aromatic nitrogens is 1. The molecule has 1 amide bonds. The normalized spacial score (nSPS) is 10.5. The summed E-state index contributed by atoms with van der Waals surface area (Å²) in [5.41, 5.74) is 4.37. The Balaban J connectivity index is 1.89. The number of carbonyl (C=O) groups excluding carboxylic acids is 1. The Morgan fingerprint density at radius 3 is 2.31 bits per heavy atom. The number of anilines is 1. The lowest BCUT2D eigenvalue weighted by atomic mass is 10.1. The average molecular weight is 350 g/mol. The zero-order chi connectivity index (χ0) is 18.7. The zero-order valence-corrected chi connectivity index (χ0v) is 15.4. The van der Waals surface area contributed by atoms with Gasteiger partial charge in [-0.15, -0.1) is 0 Å². The molecule has 26 heavy (non-hydrogen) atoms. The summed E-state index contributed by atoms with van der Waals surface area (Å²) in [5.74, 6) is 1.02. The van der Waals surface area contributed by atoms with Crippen LogP contribution in [0.5, 0.6) is 11.5 Å². The fourth-order valence-electron chi connectivity index (χ4n) is 2.96. The summed E-state index contributed by atoms with van der Waals surface area (Å²) in [6, 6.07) is 16.9. The highest BCUT2D eigenvalue weighted by Crippen LogP contribution is 2.29. The first-order valence-corrected chi connectivity index (χ1v) is 8.32. The van der Waals surface area contributed by atoms with Gasteiger partial charge >= 0.3 is 0 Å². The lowest BCUT2D eigenvalue weighted by molar-refractivity contribution is 0.102. The maximum atomic E-state index is 12.7. The van der Waals surface area contributed by atoms with Crippen LogP contribution in [0.2, 0.25) is 0 Å². The monoisotopic (exact) mass is 350 g/mol. The predicted octanol–water partition coefficient (Wildman–Crippen LogP) is 4.36. The Bertz CT molecular complexity index is 925. The van der Waals surface area contributed by atoms with Gasteiger partial charge in [0.05, 0.1) is 19.9 Å². The van der Waals surface area contributed by atoms with Crippen molar-refractivity contribution in [3.8, 4) is 17.2 Å². The Labute approximate surface area is 153 Å². The van der Waals surface area contributed by atoms with Crippen molar-refractivity contribution in [2.75, 3.05) is 19.5 Å². The van der Waals surface area contributed by atoms with Crippen molar-refractivity contribution < 1.29 is 14.3 Å². The first kappa shape index (κ1) is 17.6. The van der Waals surface area contributed by atoms with E-state index in [1.807, 2.05) is 32.0 Å². The minimum Gasteiger partial charge on any atom is -0.497 e. The lowest BCUT2D eigenvalue weighted by Crippen LogP contribution is -2.13. The van der Waals surface area contributed by atoms with Crippen LogP contribution in [0.1, 0.15) is 21.7 Å². The second-order valence-corrected chi connectivity index (χ2v) is 6.02. The fourth-order valence-corrected chi connectivity index (χ4v) is 2.96. The van der Waals surface area contributed by atoms with E-state index in [-0.39, 0.29) is 5.91 Å². The topological polar surface area (TPSA) is 52.5 Å². The van der Waals surface area contributed by atoms with Crippen molar-refractivity contribution in [2.45, 2.75) is 13.8 Å². The molecule has 0 bridgehead atoms. The molecule has 0 saturated heterocycles. The molecule has 1 aromatic heterocycles. The maximum absolute atomic E-state index is 12.7. The molecule has 1 N–H and O–H groups in total. The highest BCUT2D eigenvalue weighted by molar-refractivity contribution is 6.05. The van der Waals surface area contributed by atoms with Gasteiger partial charge in [-0.1, -0.05) is 6.07 Å². The van der Waals surface area contributed by atoms with Crippen molar-refractivity contribution in [3.63, 3.8) is 0 Å². The average Bonchev–Trinajstić information content (AvgIpc) is 3.00. The van der Waals surface area contributed by atoms with E-state index in [1.54, 1.807) is 38.5 Å². The van der Waals surface area contributed by atoms with Gasteiger partial charge in [0.1, 0.15) is 11.5 Å². The minimum absolute atomic E-state index is 0.197. The first-order valence-electron chi connectivity index (χ1n) is 8.32. The van der Waals surface area contributed by atoms with Crippen LogP contribution in [0.25, 0.3) is 5.69 Å². The fraction of sp³-hybridized carbons (Fsp3) is 0.190. The minimum atomic E-state index is -0.197. The molecule has 0 fully saturated rings. The summed E-state index contributed by atoms with van der Waals surface area (Å²) >= 11 is 0. The number of hydrogen-bond acceptors (Lipinski definition) is 3. The van der Waals surface area contributed by atoms with Crippen LogP contribution < -0.4 is 14.8 Å². The smallest absolute Gasteiger partial charge is 0.255 e. The van der Waals surface area contributed by atoms with E-state index in [2.05, 4.69) is 22.0 Å². The lowest BCUT2D eigenvalue weighted by Gasteiger charge is -2.13.